The Labute approximate surface area is 155 Å². The summed E-state index contributed by atoms with van der Waals surface area (Å²) in [6, 6.07) is 5.54. The van der Waals surface area contributed by atoms with E-state index in [0.29, 0.717) is 5.56 Å². The van der Waals surface area contributed by atoms with Crippen molar-refractivity contribution in [3.63, 3.8) is 0 Å². The minimum Gasteiger partial charge on any atom is -0.465 e. The van der Waals surface area contributed by atoms with Crippen molar-refractivity contribution in [2.24, 2.45) is 10.8 Å². The maximum absolute atomic E-state index is 12.9. The van der Waals surface area contributed by atoms with Crippen LogP contribution in [0.15, 0.2) is 71.7 Å². The minimum atomic E-state index is -0.352. The third-order valence-corrected chi connectivity index (χ3v) is 3.96. The molecule has 0 saturated carbocycles. The minimum absolute atomic E-state index is 0.114. The van der Waals surface area contributed by atoms with Crippen LogP contribution < -0.4 is 0 Å². The average Bonchev–Trinajstić information content (AvgIpc) is 2.53. The molecule has 1 aromatic rings. The molecule has 0 aromatic heterocycles. The van der Waals surface area contributed by atoms with Gasteiger partial charge < -0.3 is 4.74 Å². The average molecular weight is 354 g/mol. The standard InChI is InChI=1S/C23H27FO2/c1-22(2,3)20-14-16(15-21(26-20)23(4,5)6)8-7-9-19(25)17-10-12-18(24)13-11-17/h7-15H,1-6H3/b9-7+. The fourth-order valence-corrected chi connectivity index (χ4v) is 2.31. The van der Waals surface area contributed by atoms with Gasteiger partial charge in [0.25, 0.3) is 0 Å². The molecule has 0 saturated heterocycles. The SMILES string of the molecule is CC(C)(C)C1=CC(=C/C=C/C(=O)c2ccc(F)cc2)C=C(C(C)(C)C)O1. The second-order valence-electron chi connectivity index (χ2n) is 8.52. The van der Waals surface area contributed by atoms with Crippen molar-refractivity contribution in [1.29, 1.82) is 0 Å². The van der Waals surface area contributed by atoms with Crippen LogP contribution in [0.1, 0.15) is 51.9 Å². The van der Waals surface area contributed by atoms with Crippen LogP contribution in [-0.2, 0) is 4.74 Å². The predicted octanol–water partition coefficient (Wildman–Crippen LogP) is 6.38. The summed E-state index contributed by atoms with van der Waals surface area (Å²) in [5, 5.41) is 0. The lowest BCUT2D eigenvalue weighted by molar-refractivity contribution is 0.104. The summed E-state index contributed by atoms with van der Waals surface area (Å²) in [6.45, 7) is 12.6. The van der Waals surface area contributed by atoms with Gasteiger partial charge in [-0.15, -0.1) is 0 Å². The zero-order valence-electron chi connectivity index (χ0n) is 16.4. The lowest BCUT2D eigenvalue weighted by Gasteiger charge is -2.32. The van der Waals surface area contributed by atoms with Gasteiger partial charge >= 0.3 is 0 Å². The van der Waals surface area contributed by atoms with E-state index < -0.39 is 0 Å². The highest BCUT2D eigenvalue weighted by molar-refractivity contribution is 6.04. The molecule has 0 spiro atoms. The van der Waals surface area contributed by atoms with E-state index in [4.69, 9.17) is 4.74 Å². The van der Waals surface area contributed by atoms with Gasteiger partial charge in [-0.25, -0.2) is 4.39 Å². The van der Waals surface area contributed by atoms with Gasteiger partial charge in [0, 0.05) is 16.4 Å². The van der Waals surface area contributed by atoms with Crippen LogP contribution >= 0.6 is 0 Å². The lowest BCUT2D eigenvalue weighted by Crippen LogP contribution is -2.21. The van der Waals surface area contributed by atoms with Crippen LogP contribution in [0.3, 0.4) is 0 Å². The van der Waals surface area contributed by atoms with Gasteiger partial charge in [0.2, 0.25) is 0 Å². The second kappa shape index (κ2) is 7.45. The first-order chi connectivity index (χ1) is 12.0. The molecule has 0 N–H and O–H groups in total. The Balaban J connectivity index is 2.26. The molecule has 0 bridgehead atoms. The quantitative estimate of drug-likeness (QED) is 0.465. The van der Waals surface area contributed by atoms with E-state index in [0.717, 1.165) is 17.1 Å². The van der Waals surface area contributed by atoms with Crippen LogP contribution in [0.4, 0.5) is 4.39 Å². The third-order valence-electron chi connectivity index (χ3n) is 3.96. The van der Waals surface area contributed by atoms with Gasteiger partial charge in [-0.3, -0.25) is 4.79 Å². The molecular weight excluding hydrogens is 327 g/mol. The molecular formula is C23H27FO2. The first-order valence-corrected chi connectivity index (χ1v) is 8.77. The normalized spacial score (nSPS) is 15.4. The molecule has 1 aliphatic rings. The number of benzene rings is 1. The Hall–Kier alpha value is -2.42. The number of allylic oxidation sites excluding steroid dienone is 8. The van der Waals surface area contributed by atoms with Crippen LogP contribution in [0.2, 0.25) is 0 Å². The summed E-state index contributed by atoms with van der Waals surface area (Å²) >= 11 is 0. The van der Waals surface area contributed by atoms with Gasteiger partial charge in [-0.05, 0) is 48.1 Å². The Morgan fingerprint density at radius 3 is 1.88 bits per heavy atom. The molecule has 0 fully saturated rings. The first-order valence-electron chi connectivity index (χ1n) is 8.77. The lowest BCUT2D eigenvalue weighted by atomic mass is 9.87. The molecule has 0 unspecified atom stereocenters. The number of ether oxygens (including phenoxy) is 1. The van der Waals surface area contributed by atoms with Gasteiger partial charge in [-0.2, -0.15) is 0 Å². The molecule has 1 aromatic carbocycles. The molecule has 1 aliphatic heterocycles. The van der Waals surface area contributed by atoms with Crippen molar-refractivity contribution in [2.45, 2.75) is 41.5 Å². The van der Waals surface area contributed by atoms with E-state index in [-0.39, 0.29) is 22.4 Å². The molecule has 3 heteroatoms. The van der Waals surface area contributed by atoms with Gasteiger partial charge in [0.1, 0.15) is 17.3 Å². The van der Waals surface area contributed by atoms with E-state index in [1.165, 1.54) is 30.3 Å². The molecule has 1 heterocycles. The number of rotatable bonds is 3. The van der Waals surface area contributed by atoms with E-state index in [9.17, 15) is 9.18 Å². The molecule has 138 valence electrons. The zero-order valence-corrected chi connectivity index (χ0v) is 16.4. The van der Waals surface area contributed by atoms with Gasteiger partial charge in [-0.1, -0.05) is 53.7 Å². The molecule has 0 aliphatic carbocycles. The summed E-state index contributed by atoms with van der Waals surface area (Å²) < 4.78 is 19.1. The van der Waals surface area contributed by atoms with Crippen LogP contribution in [0.25, 0.3) is 0 Å². The molecule has 0 radical (unpaired) electrons. The highest BCUT2D eigenvalue weighted by Crippen LogP contribution is 2.38. The van der Waals surface area contributed by atoms with Crippen molar-refractivity contribution >= 4 is 5.78 Å². The van der Waals surface area contributed by atoms with Crippen molar-refractivity contribution < 1.29 is 13.9 Å². The largest absolute Gasteiger partial charge is 0.465 e. The van der Waals surface area contributed by atoms with E-state index in [2.05, 4.69) is 41.5 Å². The van der Waals surface area contributed by atoms with Crippen LogP contribution in [-0.4, -0.2) is 5.78 Å². The molecule has 0 amide bonds. The Kier molecular flexibility index (Phi) is 5.70. The number of hydrogen-bond donors (Lipinski definition) is 0. The topological polar surface area (TPSA) is 26.3 Å². The summed E-state index contributed by atoms with van der Waals surface area (Å²) in [6.07, 6.45) is 9.11. The summed E-state index contributed by atoms with van der Waals surface area (Å²) in [5.41, 5.74) is 1.22. The maximum Gasteiger partial charge on any atom is 0.185 e. The van der Waals surface area contributed by atoms with Crippen LogP contribution in [0.5, 0.6) is 0 Å². The number of carbonyl (C=O) groups excluding carboxylic acids is 1. The van der Waals surface area contributed by atoms with Crippen molar-refractivity contribution in [3.8, 4) is 0 Å². The van der Waals surface area contributed by atoms with Crippen molar-refractivity contribution in [1.82, 2.24) is 0 Å². The summed E-state index contributed by atoms with van der Waals surface area (Å²) in [7, 11) is 0. The van der Waals surface area contributed by atoms with Crippen molar-refractivity contribution in [2.75, 3.05) is 0 Å². The third kappa shape index (κ3) is 5.29. The Morgan fingerprint density at radius 1 is 0.923 bits per heavy atom. The number of hydrogen-bond acceptors (Lipinski definition) is 2. The second-order valence-corrected chi connectivity index (χ2v) is 8.52. The highest BCUT2D eigenvalue weighted by atomic mass is 19.1. The molecule has 2 nitrogen and oxygen atoms in total. The maximum atomic E-state index is 12.9. The fourth-order valence-electron chi connectivity index (χ4n) is 2.31. The Morgan fingerprint density at radius 2 is 1.42 bits per heavy atom. The fraction of sp³-hybridized carbons (Fsp3) is 0.348. The van der Waals surface area contributed by atoms with Gasteiger partial charge in [0.15, 0.2) is 5.78 Å². The highest BCUT2D eigenvalue weighted by Gasteiger charge is 2.28. The molecule has 2 rings (SSSR count). The summed E-state index contributed by atoms with van der Waals surface area (Å²) in [5.74, 6) is 1.28. The van der Waals surface area contributed by atoms with E-state index in [1.807, 2.05) is 18.2 Å². The van der Waals surface area contributed by atoms with Crippen molar-refractivity contribution in [3.05, 3.63) is 83.1 Å². The molecule has 0 atom stereocenters. The summed E-state index contributed by atoms with van der Waals surface area (Å²) in [4.78, 5) is 12.2. The number of carbonyl (C=O) groups is 1. The van der Waals surface area contributed by atoms with E-state index >= 15 is 0 Å². The smallest absolute Gasteiger partial charge is 0.185 e. The van der Waals surface area contributed by atoms with E-state index in [1.54, 1.807) is 6.08 Å². The van der Waals surface area contributed by atoms with Crippen LogP contribution in [0, 0.1) is 16.6 Å². The monoisotopic (exact) mass is 354 g/mol. The zero-order chi connectivity index (χ0) is 19.5. The predicted molar refractivity (Wildman–Crippen MR) is 104 cm³/mol. The number of halogens is 1. The number of ketones is 1. The Bertz CT molecular complexity index is 760. The first kappa shape index (κ1) is 19.9. The van der Waals surface area contributed by atoms with Gasteiger partial charge in [0.05, 0.1) is 0 Å². The molecule has 26 heavy (non-hydrogen) atoms.